The van der Waals surface area contributed by atoms with Crippen LogP contribution in [0.5, 0.6) is 0 Å². The van der Waals surface area contributed by atoms with Gasteiger partial charge in [0.05, 0.1) is 12.7 Å². The molecule has 0 spiro atoms. The van der Waals surface area contributed by atoms with E-state index in [-0.39, 0.29) is 36.3 Å². The highest BCUT2D eigenvalue weighted by molar-refractivity contribution is 5.87. The van der Waals surface area contributed by atoms with Crippen LogP contribution in [-0.4, -0.2) is 49.8 Å². The van der Waals surface area contributed by atoms with Crippen molar-refractivity contribution in [2.45, 2.75) is 52.4 Å². The van der Waals surface area contributed by atoms with Crippen LogP contribution >= 0.6 is 12.4 Å². The van der Waals surface area contributed by atoms with Crippen LogP contribution in [0.15, 0.2) is 0 Å². The van der Waals surface area contributed by atoms with E-state index >= 15 is 0 Å². The molecule has 1 fully saturated rings. The maximum absolute atomic E-state index is 12.1. The first-order valence-electron chi connectivity index (χ1n) is 7.23. The third kappa shape index (κ3) is 7.64. The van der Waals surface area contributed by atoms with E-state index in [1.807, 2.05) is 13.8 Å². The number of morpholine rings is 1. The summed E-state index contributed by atoms with van der Waals surface area (Å²) in [6, 6.07) is -0.615. The quantitative estimate of drug-likeness (QED) is 0.710. The van der Waals surface area contributed by atoms with Crippen molar-refractivity contribution < 1.29 is 19.1 Å². The van der Waals surface area contributed by atoms with Crippen LogP contribution < -0.4 is 10.6 Å². The van der Waals surface area contributed by atoms with Crippen LogP contribution in [0.3, 0.4) is 0 Å². The van der Waals surface area contributed by atoms with Gasteiger partial charge in [-0.15, -0.1) is 12.4 Å². The molecule has 0 aromatic rings. The van der Waals surface area contributed by atoms with E-state index in [2.05, 4.69) is 10.6 Å². The number of esters is 1. The smallest absolute Gasteiger partial charge is 0.328 e. The molecule has 0 saturated carbocycles. The topological polar surface area (TPSA) is 76.7 Å². The Kier molecular flexibility index (Phi) is 9.57. The molecule has 0 aliphatic carbocycles. The number of nitrogens with one attached hydrogen (secondary N) is 2. The SMILES string of the molecule is CC(C)C[C@H](NC(=O)C1CNCCO1)C(=O)OC(C)C.Cl. The Morgan fingerprint density at radius 2 is 2.00 bits per heavy atom. The van der Waals surface area contributed by atoms with Crippen molar-refractivity contribution in [1.82, 2.24) is 10.6 Å². The molecule has 1 aliphatic heterocycles. The molecule has 1 heterocycles. The van der Waals surface area contributed by atoms with Crippen molar-refractivity contribution >= 4 is 24.3 Å². The van der Waals surface area contributed by atoms with E-state index in [0.717, 1.165) is 6.54 Å². The van der Waals surface area contributed by atoms with Crippen molar-refractivity contribution in [2.75, 3.05) is 19.7 Å². The average molecular weight is 323 g/mol. The lowest BCUT2D eigenvalue weighted by molar-refractivity contribution is -0.153. The van der Waals surface area contributed by atoms with Gasteiger partial charge >= 0.3 is 5.97 Å². The number of carbonyl (C=O) groups excluding carboxylic acids is 2. The minimum atomic E-state index is -0.615. The lowest BCUT2D eigenvalue weighted by Crippen LogP contribution is -2.52. The zero-order valence-corrected chi connectivity index (χ0v) is 14.0. The summed E-state index contributed by atoms with van der Waals surface area (Å²) in [6.07, 6.45) is -0.177. The Labute approximate surface area is 132 Å². The van der Waals surface area contributed by atoms with Gasteiger partial charge in [-0.25, -0.2) is 4.79 Å². The fraction of sp³-hybridized carbons (Fsp3) is 0.857. The number of hydrogen-bond acceptors (Lipinski definition) is 5. The second-order valence-electron chi connectivity index (χ2n) is 5.74. The van der Waals surface area contributed by atoms with Crippen molar-refractivity contribution in [3.8, 4) is 0 Å². The summed E-state index contributed by atoms with van der Waals surface area (Å²) in [7, 11) is 0. The molecule has 6 nitrogen and oxygen atoms in total. The van der Waals surface area contributed by atoms with Crippen molar-refractivity contribution in [2.24, 2.45) is 5.92 Å². The minimum Gasteiger partial charge on any atom is -0.461 e. The van der Waals surface area contributed by atoms with E-state index in [9.17, 15) is 9.59 Å². The summed E-state index contributed by atoms with van der Waals surface area (Å²) in [5, 5.41) is 5.83. The summed E-state index contributed by atoms with van der Waals surface area (Å²) < 4.78 is 10.6. The largest absolute Gasteiger partial charge is 0.461 e. The van der Waals surface area contributed by atoms with Crippen LogP contribution in [0.2, 0.25) is 0 Å². The summed E-state index contributed by atoms with van der Waals surface area (Å²) in [6.45, 7) is 9.30. The third-order valence-electron chi connectivity index (χ3n) is 2.88. The molecule has 21 heavy (non-hydrogen) atoms. The first kappa shape index (κ1) is 20.1. The lowest BCUT2D eigenvalue weighted by atomic mass is 10.0. The molecule has 1 amide bonds. The molecule has 0 aromatic carbocycles. The van der Waals surface area contributed by atoms with Gasteiger partial charge in [-0.05, 0) is 26.2 Å². The van der Waals surface area contributed by atoms with Gasteiger partial charge in [0, 0.05) is 13.1 Å². The Hall–Kier alpha value is -0.850. The van der Waals surface area contributed by atoms with Gasteiger partial charge in [0.25, 0.3) is 5.91 Å². The maximum Gasteiger partial charge on any atom is 0.328 e. The number of hydrogen-bond donors (Lipinski definition) is 2. The lowest BCUT2D eigenvalue weighted by Gasteiger charge is -2.26. The Bertz CT molecular complexity index is 331. The Morgan fingerprint density at radius 1 is 1.33 bits per heavy atom. The van der Waals surface area contributed by atoms with Gasteiger partial charge in [-0.3, -0.25) is 4.79 Å². The summed E-state index contributed by atoms with van der Waals surface area (Å²) in [4.78, 5) is 24.1. The number of ether oxygens (including phenoxy) is 2. The molecule has 1 unspecified atom stereocenters. The van der Waals surface area contributed by atoms with Crippen LogP contribution in [0.25, 0.3) is 0 Å². The standard InChI is InChI=1S/C14H26N2O4.ClH/c1-9(2)7-11(14(18)20-10(3)4)16-13(17)12-8-15-5-6-19-12;/h9-12,15H,5-8H2,1-4H3,(H,16,17);1H/t11-,12?;/m0./s1. The summed E-state index contributed by atoms with van der Waals surface area (Å²) >= 11 is 0. The fourth-order valence-corrected chi connectivity index (χ4v) is 2.00. The van der Waals surface area contributed by atoms with E-state index < -0.39 is 12.1 Å². The van der Waals surface area contributed by atoms with Crippen LogP contribution in [0, 0.1) is 5.92 Å². The Balaban J connectivity index is 0.00000400. The highest BCUT2D eigenvalue weighted by atomic mass is 35.5. The highest BCUT2D eigenvalue weighted by Gasteiger charge is 2.29. The molecule has 1 aliphatic rings. The van der Waals surface area contributed by atoms with Crippen molar-refractivity contribution in [3.63, 3.8) is 0 Å². The molecular weight excluding hydrogens is 296 g/mol. The molecule has 1 rings (SSSR count). The maximum atomic E-state index is 12.1. The van der Waals surface area contributed by atoms with Crippen molar-refractivity contribution in [3.05, 3.63) is 0 Å². The third-order valence-corrected chi connectivity index (χ3v) is 2.88. The monoisotopic (exact) mass is 322 g/mol. The van der Waals surface area contributed by atoms with Gasteiger partial charge in [-0.1, -0.05) is 13.8 Å². The van der Waals surface area contributed by atoms with E-state index in [1.54, 1.807) is 13.8 Å². The zero-order valence-electron chi connectivity index (χ0n) is 13.2. The molecule has 0 bridgehead atoms. The predicted molar refractivity (Wildman–Crippen MR) is 82.5 cm³/mol. The van der Waals surface area contributed by atoms with Crippen LogP contribution in [-0.2, 0) is 19.1 Å². The Morgan fingerprint density at radius 3 is 2.48 bits per heavy atom. The number of amides is 1. The van der Waals surface area contributed by atoms with Gasteiger partial charge < -0.3 is 20.1 Å². The fourth-order valence-electron chi connectivity index (χ4n) is 2.00. The molecule has 0 aromatic heterocycles. The molecule has 124 valence electrons. The number of halogens is 1. The molecule has 2 N–H and O–H groups in total. The van der Waals surface area contributed by atoms with Gasteiger partial charge in [0.15, 0.2) is 0 Å². The average Bonchev–Trinajstić information content (AvgIpc) is 2.37. The van der Waals surface area contributed by atoms with Crippen LogP contribution in [0.1, 0.15) is 34.1 Å². The summed E-state index contributed by atoms with van der Waals surface area (Å²) in [5.41, 5.74) is 0. The normalized spacial score (nSPS) is 19.8. The minimum absolute atomic E-state index is 0. The molecule has 1 saturated heterocycles. The van der Waals surface area contributed by atoms with Gasteiger partial charge in [0.2, 0.25) is 0 Å². The zero-order chi connectivity index (χ0) is 15.1. The molecule has 7 heteroatoms. The van der Waals surface area contributed by atoms with E-state index in [0.29, 0.717) is 19.6 Å². The van der Waals surface area contributed by atoms with Crippen LogP contribution in [0.4, 0.5) is 0 Å². The first-order chi connectivity index (χ1) is 9.40. The van der Waals surface area contributed by atoms with Gasteiger partial charge in [0.1, 0.15) is 12.1 Å². The second kappa shape index (κ2) is 9.97. The second-order valence-corrected chi connectivity index (χ2v) is 5.74. The van der Waals surface area contributed by atoms with E-state index in [1.165, 1.54) is 0 Å². The van der Waals surface area contributed by atoms with Crippen molar-refractivity contribution in [1.29, 1.82) is 0 Å². The molecular formula is C14H27ClN2O4. The van der Waals surface area contributed by atoms with E-state index in [4.69, 9.17) is 9.47 Å². The number of carbonyl (C=O) groups is 2. The summed E-state index contributed by atoms with van der Waals surface area (Å²) in [5.74, 6) is -0.361. The highest BCUT2D eigenvalue weighted by Crippen LogP contribution is 2.09. The molecule has 2 atom stereocenters. The molecule has 0 radical (unpaired) electrons. The first-order valence-corrected chi connectivity index (χ1v) is 7.23. The number of rotatable bonds is 6. The predicted octanol–water partition coefficient (Wildman–Crippen LogP) is 0.879. The van der Waals surface area contributed by atoms with Gasteiger partial charge in [-0.2, -0.15) is 0 Å².